The topological polar surface area (TPSA) is 299 Å². The molecule has 24 heteroatoms. The first-order valence-electron chi connectivity index (χ1n) is 37.9. The molecule has 18 rings (SSSR count). The number of carbonyl (C=O) groups is 3. The zero-order valence-electron chi connectivity index (χ0n) is 66.0. The van der Waals surface area contributed by atoms with E-state index in [0.717, 1.165) is 163 Å². The lowest BCUT2D eigenvalue weighted by atomic mass is 9.91. The highest BCUT2D eigenvalue weighted by Gasteiger charge is 2.39. The number of methoxy groups -OCH3 is 2. The maximum Gasteiger partial charge on any atom is 0.337 e. The van der Waals surface area contributed by atoms with Crippen LogP contribution in [-0.2, 0) is 20.6 Å². The van der Waals surface area contributed by atoms with Crippen molar-refractivity contribution in [1.82, 2.24) is 74.0 Å². The highest BCUT2D eigenvalue weighted by atomic mass is 16.5. The van der Waals surface area contributed by atoms with Crippen LogP contribution in [0, 0.1) is 41.5 Å². The van der Waals surface area contributed by atoms with Crippen LogP contribution in [0.15, 0.2) is 288 Å². The number of carbonyl (C=O) groups excluding carboxylic acids is 2. The number of aromatic nitrogens is 15. The average Bonchev–Trinajstić information content (AvgIpc) is 1.56. The third-order valence-corrected chi connectivity index (χ3v) is 21.4. The largest absolute Gasteiger partial charge is 0.478 e. The Hall–Kier alpha value is -15.3. The molecule has 0 atom stereocenters. The molecule has 0 saturated heterocycles. The molecule has 0 radical (unpaired) electrons. The Morgan fingerprint density at radius 3 is 0.958 bits per heavy atom. The standard InChI is InChI=1S/C32H27N5O3.2C31H25N5O3/c1-20-29(21(2)40-36-20)24-17-26-30(35-18-24)25(22-11-13-23(14-12-22)31(38)39-4)19-37(26)32(3,27-9-5-7-15-33-27)28-10-6-8-16-34-28;1-19-28(20(2)39-35-19)23-16-25-29(34-17-23)24(21-10-12-22(13-11-21)30(37)38)18-36(25)31(3,26-8-4-6-14-32-26)27-9-5-7-15-33-27;1-19-28(20(2)39-35-19)23-16-27-29(34-17-23)24(21-10-12-22(13-11-21)31(37)38-3)18-36(27)30(25-8-4-6-14-32-25)26-9-5-7-15-33-26/h5-19H,1-4H3;4-18H,1-3H3,(H,37,38);4-18,30H,1-3H3. The quantitative estimate of drug-likeness (QED) is 0.0780. The van der Waals surface area contributed by atoms with E-state index in [-0.39, 0.29) is 23.5 Å². The van der Waals surface area contributed by atoms with E-state index in [2.05, 4.69) is 73.6 Å². The van der Waals surface area contributed by atoms with E-state index in [1.807, 2.05) is 212 Å². The highest BCUT2D eigenvalue weighted by Crippen LogP contribution is 2.45. The fourth-order valence-corrected chi connectivity index (χ4v) is 15.5. The second-order valence-electron chi connectivity index (χ2n) is 28.6. The summed E-state index contributed by atoms with van der Waals surface area (Å²) >= 11 is 0. The smallest absolute Gasteiger partial charge is 0.337 e. The number of esters is 2. The van der Waals surface area contributed by atoms with Crippen LogP contribution < -0.4 is 0 Å². The molecule has 0 aliphatic carbocycles. The predicted molar refractivity (Wildman–Crippen MR) is 446 cm³/mol. The Morgan fingerprint density at radius 2 is 0.669 bits per heavy atom. The lowest BCUT2D eigenvalue weighted by Crippen LogP contribution is -2.34. The first-order valence-corrected chi connectivity index (χ1v) is 37.9. The molecule has 0 amide bonds. The van der Waals surface area contributed by atoms with Crippen molar-refractivity contribution >= 4 is 51.0 Å². The molecular formula is C94H77N15O9. The Morgan fingerprint density at radius 1 is 0.364 bits per heavy atom. The average molecular weight is 1560 g/mol. The lowest BCUT2D eigenvalue weighted by Gasteiger charge is -2.31. The van der Waals surface area contributed by atoms with E-state index in [9.17, 15) is 19.5 Å². The zero-order valence-corrected chi connectivity index (χ0v) is 66.0. The predicted octanol–water partition coefficient (Wildman–Crippen LogP) is 18.8. The third kappa shape index (κ3) is 14.3. The van der Waals surface area contributed by atoms with Gasteiger partial charge in [0.2, 0.25) is 0 Å². The maximum atomic E-state index is 12.1. The van der Waals surface area contributed by atoms with E-state index in [1.165, 1.54) is 14.2 Å². The summed E-state index contributed by atoms with van der Waals surface area (Å²) in [5, 5.41) is 21.8. The number of carboxylic acid groups (broad SMARTS) is 1. The van der Waals surface area contributed by atoms with Crippen molar-refractivity contribution in [3.8, 4) is 66.8 Å². The van der Waals surface area contributed by atoms with Gasteiger partial charge in [-0.1, -0.05) is 88.3 Å². The molecule has 118 heavy (non-hydrogen) atoms. The molecule has 0 fully saturated rings. The molecule has 3 aromatic carbocycles. The van der Waals surface area contributed by atoms with Crippen molar-refractivity contribution in [2.75, 3.05) is 14.2 Å². The molecule has 582 valence electrons. The van der Waals surface area contributed by atoms with Crippen molar-refractivity contribution < 1.29 is 42.5 Å². The van der Waals surface area contributed by atoms with Crippen LogP contribution in [0.3, 0.4) is 0 Å². The molecule has 24 nitrogen and oxygen atoms in total. The molecule has 0 saturated carbocycles. The van der Waals surface area contributed by atoms with Gasteiger partial charge in [0, 0.05) is 124 Å². The van der Waals surface area contributed by atoms with Gasteiger partial charge in [0.25, 0.3) is 0 Å². The first kappa shape index (κ1) is 76.6. The van der Waals surface area contributed by atoms with Gasteiger partial charge in [-0.3, -0.25) is 44.9 Å². The number of hydrogen-bond acceptors (Lipinski definition) is 20. The summed E-state index contributed by atoms with van der Waals surface area (Å²) in [5.74, 6) is 0.451. The molecule has 0 aliphatic rings. The van der Waals surface area contributed by atoms with Crippen LogP contribution >= 0.6 is 0 Å². The first-order chi connectivity index (χ1) is 57.3. The van der Waals surface area contributed by atoms with Crippen LogP contribution in [0.1, 0.15) is 119 Å². The minimum absolute atomic E-state index is 0.225. The van der Waals surface area contributed by atoms with Crippen molar-refractivity contribution in [3.63, 3.8) is 0 Å². The molecular weight excluding hydrogens is 1480 g/mol. The van der Waals surface area contributed by atoms with Gasteiger partial charge in [0.15, 0.2) is 0 Å². The van der Waals surface area contributed by atoms with Gasteiger partial charge >= 0.3 is 17.9 Å². The monoisotopic (exact) mass is 1560 g/mol. The minimum Gasteiger partial charge on any atom is -0.478 e. The van der Waals surface area contributed by atoms with Gasteiger partial charge in [-0.25, -0.2) is 14.4 Å². The second-order valence-corrected chi connectivity index (χ2v) is 28.6. The Labute approximate surface area is 677 Å². The number of fused-ring (bicyclic) bond motifs is 3. The van der Waals surface area contributed by atoms with Crippen molar-refractivity contribution in [2.24, 2.45) is 0 Å². The minimum atomic E-state index is -0.968. The normalized spacial score (nSPS) is 11.5. The Balaban J connectivity index is 0.000000132. The summed E-state index contributed by atoms with van der Waals surface area (Å²) in [6, 6.07) is 62.8. The molecule has 18 aromatic rings. The number of ether oxygens (including phenoxy) is 2. The summed E-state index contributed by atoms with van der Waals surface area (Å²) in [5.41, 5.74) is 22.9. The molecule has 1 N–H and O–H groups in total. The summed E-state index contributed by atoms with van der Waals surface area (Å²) in [7, 11) is 2.75. The number of aromatic carboxylic acids is 1. The number of carboxylic acids is 1. The maximum absolute atomic E-state index is 12.1. The fraction of sp³-hybridized carbons (Fsp3) is 0.138. The second kappa shape index (κ2) is 32.3. The van der Waals surface area contributed by atoms with Crippen molar-refractivity contribution in [2.45, 2.75) is 72.5 Å². The number of aryl methyl sites for hydroxylation is 6. The van der Waals surface area contributed by atoms with Crippen molar-refractivity contribution in [3.05, 3.63) is 360 Å². The van der Waals surface area contributed by atoms with E-state index in [0.29, 0.717) is 16.9 Å². The molecule has 0 unspecified atom stereocenters. The van der Waals surface area contributed by atoms with Gasteiger partial charge < -0.3 is 41.9 Å². The van der Waals surface area contributed by atoms with Crippen LogP contribution in [0.5, 0.6) is 0 Å². The third-order valence-electron chi connectivity index (χ3n) is 21.4. The summed E-state index contributed by atoms with van der Waals surface area (Å²) < 4.78 is 32.6. The molecule has 0 bridgehead atoms. The molecule has 15 heterocycles. The number of pyridine rings is 9. The van der Waals surface area contributed by atoms with E-state index in [4.69, 9.17) is 67.9 Å². The molecule has 0 spiro atoms. The number of rotatable bonds is 18. The van der Waals surface area contributed by atoms with E-state index >= 15 is 0 Å². The van der Waals surface area contributed by atoms with Gasteiger partial charge in [0.05, 0.1) is 115 Å². The van der Waals surface area contributed by atoms with Gasteiger partial charge in [-0.15, -0.1) is 0 Å². The highest BCUT2D eigenvalue weighted by molar-refractivity contribution is 6.00. The van der Waals surface area contributed by atoms with Crippen LogP contribution in [-0.4, -0.2) is 111 Å². The van der Waals surface area contributed by atoms with Crippen LogP contribution in [0.4, 0.5) is 0 Å². The van der Waals surface area contributed by atoms with Gasteiger partial charge in [-0.05, 0) is 199 Å². The number of nitrogens with zero attached hydrogens (tertiary/aromatic N) is 15. The summed E-state index contributed by atoms with van der Waals surface area (Å²) in [6.45, 7) is 15.7. The van der Waals surface area contributed by atoms with E-state index in [1.54, 1.807) is 73.6 Å². The summed E-state index contributed by atoms with van der Waals surface area (Å²) in [6.07, 6.45) is 22.5. The van der Waals surface area contributed by atoms with Crippen LogP contribution in [0.2, 0.25) is 0 Å². The van der Waals surface area contributed by atoms with E-state index < -0.39 is 17.0 Å². The number of hydrogen-bond donors (Lipinski definition) is 1. The number of benzene rings is 3. The lowest BCUT2D eigenvalue weighted by molar-refractivity contribution is 0.0592. The van der Waals surface area contributed by atoms with Crippen LogP contribution in [0.25, 0.3) is 99.9 Å². The van der Waals surface area contributed by atoms with Gasteiger partial charge in [-0.2, -0.15) is 0 Å². The molecule has 15 aromatic heterocycles. The van der Waals surface area contributed by atoms with Gasteiger partial charge in [0.1, 0.15) is 34.4 Å². The SMILES string of the molecule is COC(=O)c1ccc(-c2cn(C(C)(c3ccccn3)c3ccccn3)c3cc(-c4c(C)noc4C)cnc23)cc1.COC(=O)c1ccc(-c2cn(C(c3ccccn3)c3ccccn3)c3cc(-c4c(C)noc4C)cnc23)cc1.Cc1noc(C)c1-c1cnc2c(-c3ccc(C(=O)O)cc3)cn(C(C)(c3ccccn3)c3ccccn3)c2c1. The van der Waals surface area contributed by atoms with Crippen molar-refractivity contribution in [1.29, 1.82) is 0 Å². The summed E-state index contributed by atoms with van der Waals surface area (Å²) in [4.78, 5) is 78.9. The Kier molecular flexibility index (Phi) is 21.0. The zero-order chi connectivity index (χ0) is 81.9. The fourth-order valence-electron chi connectivity index (χ4n) is 15.5. The Bertz CT molecular complexity index is 6510. The molecule has 0 aliphatic heterocycles.